The van der Waals surface area contributed by atoms with E-state index in [9.17, 15) is 14.7 Å². The molecule has 0 spiro atoms. The summed E-state index contributed by atoms with van der Waals surface area (Å²) in [7, 11) is 0. The third kappa shape index (κ3) is 3.26. The fraction of sp³-hybridized carbons (Fsp3) is 0.353. The fourth-order valence-electron chi connectivity index (χ4n) is 2.90. The second kappa shape index (κ2) is 6.24. The number of rotatable bonds is 3. The normalized spacial score (nSPS) is 18.0. The lowest BCUT2D eigenvalue weighted by Gasteiger charge is -2.31. The molecule has 23 heavy (non-hydrogen) atoms. The van der Waals surface area contributed by atoms with E-state index >= 15 is 0 Å². The number of hydrogen-bond donors (Lipinski definition) is 1. The van der Waals surface area contributed by atoms with Gasteiger partial charge in [0, 0.05) is 19.2 Å². The largest absolute Gasteiger partial charge is 0.481 e. The molecule has 1 atom stereocenters. The zero-order valence-corrected chi connectivity index (χ0v) is 13.0. The van der Waals surface area contributed by atoms with E-state index in [-0.39, 0.29) is 11.5 Å². The molecule has 0 radical (unpaired) electrons. The zero-order chi connectivity index (χ0) is 16.4. The smallest absolute Gasteiger partial charge is 0.308 e. The van der Waals surface area contributed by atoms with Crippen LogP contribution >= 0.6 is 0 Å². The van der Waals surface area contributed by atoms with Gasteiger partial charge in [0.15, 0.2) is 0 Å². The molecule has 1 aromatic carbocycles. The third-order valence-electron chi connectivity index (χ3n) is 4.13. The molecule has 0 aliphatic carbocycles. The molecule has 3 rings (SSSR count). The second-order valence-corrected chi connectivity index (χ2v) is 5.90. The molecule has 1 unspecified atom stereocenters. The van der Waals surface area contributed by atoms with E-state index in [4.69, 9.17) is 0 Å². The molecule has 6 heteroatoms. The number of carbonyl (C=O) groups is 1. The van der Waals surface area contributed by atoms with Crippen molar-refractivity contribution in [2.75, 3.05) is 18.0 Å². The van der Waals surface area contributed by atoms with Gasteiger partial charge in [-0.2, -0.15) is 4.68 Å². The number of hydrogen-bond acceptors (Lipinski definition) is 4. The molecule has 1 aromatic heterocycles. The van der Waals surface area contributed by atoms with Crippen LogP contribution in [0.1, 0.15) is 18.4 Å². The Bertz CT molecular complexity index is 785. The molecule has 2 heterocycles. The Balaban J connectivity index is 1.94. The standard InChI is InChI=1S/C17H19N3O3/c1-12-4-2-6-14(10-12)20-16(21)8-7-15(18-20)19-9-3-5-13(11-19)17(22)23/h2,4,6-8,10,13H,3,5,9,11H2,1H3,(H,22,23). The Morgan fingerprint density at radius 1 is 1.30 bits per heavy atom. The van der Waals surface area contributed by atoms with Gasteiger partial charge >= 0.3 is 5.97 Å². The molecule has 1 N–H and O–H groups in total. The van der Waals surface area contributed by atoms with E-state index in [1.54, 1.807) is 6.07 Å². The lowest BCUT2D eigenvalue weighted by atomic mass is 9.98. The van der Waals surface area contributed by atoms with Crippen molar-refractivity contribution in [3.8, 4) is 5.69 Å². The highest BCUT2D eigenvalue weighted by molar-refractivity contribution is 5.71. The summed E-state index contributed by atoms with van der Waals surface area (Å²) in [5.41, 5.74) is 1.56. The SMILES string of the molecule is Cc1cccc(-n2nc(N3CCCC(C(=O)O)C3)ccc2=O)c1. The van der Waals surface area contributed by atoms with Crippen LogP contribution in [-0.4, -0.2) is 33.9 Å². The number of benzene rings is 1. The van der Waals surface area contributed by atoms with Crippen molar-refractivity contribution in [2.24, 2.45) is 5.92 Å². The van der Waals surface area contributed by atoms with Crippen LogP contribution in [0.5, 0.6) is 0 Å². The van der Waals surface area contributed by atoms with Crippen LogP contribution in [0.4, 0.5) is 5.82 Å². The summed E-state index contributed by atoms with van der Waals surface area (Å²) in [5.74, 6) is -0.524. The predicted molar refractivity (Wildman–Crippen MR) is 87.1 cm³/mol. The quantitative estimate of drug-likeness (QED) is 0.936. The summed E-state index contributed by atoms with van der Waals surface area (Å²) in [6.45, 7) is 3.14. The van der Waals surface area contributed by atoms with Crippen LogP contribution in [0.2, 0.25) is 0 Å². The molecule has 1 aliphatic heterocycles. The lowest BCUT2D eigenvalue weighted by molar-refractivity contribution is -0.141. The van der Waals surface area contributed by atoms with Gasteiger partial charge < -0.3 is 10.0 Å². The van der Waals surface area contributed by atoms with Crippen LogP contribution in [0.3, 0.4) is 0 Å². The van der Waals surface area contributed by atoms with Gasteiger partial charge in [-0.15, -0.1) is 5.10 Å². The summed E-state index contributed by atoms with van der Waals surface area (Å²) in [5, 5.41) is 13.6. The van der Waals surface area contributed by atoms with Gasteiger partial charge in [0.05, 0.1) is 11.6 Å². The monoisotopic (exact) mass is 313 g/mol. The first-order chi connectivity index (χ1) is 11.0. The number of carboxylic acids is 1. The van der Waals surface area contributed by atoms with Crippen molar-refractivity contribution in [3.63, 3.8) is 0 Å². The first-order valence-corrected chi connectivity index (χ1v) is 7.70. The van der Waals surface area contributed by atoms with Gasteiger partial charge in [-0.3, -0.25) is 9.59 Å². The summed E-state index contributed by atoms with van der Waals surface area (Å²) in [6.07, 6.45) is 1.49. The highest BCUT2D eigenvalue weighted by Crippen LogP contribution is 2.21. The maximum atomic E-state index is 12.1. The summed E-state index contributed by atoms with van der Waals surface area (Å²) < 4.78 is 1.37. The molecule has 1 aliphatic rings. The van der Waals surface area contributed by atoms with Gasteiger partial charge in [0.25, 0.3) is 5.56 Å². The maximum absolute atomic E-state index is 12.1. The third-order valence-corrected chi connectivity index (χ3v) is 4.13. The van der Waals surface area contributed by atoms with Crippen LogP contribution in [0.25, 0.3) is 5.69 Å². The molecule has 6 nitrogen and oxygen atoms in total. The van der Waals surface area contributed by atoms with Gasteiger partial charge in [0.2, 0.25) is 0 Å². The van der Waals surface area contributed by atoms with Crippen molar-refractivity contribution in [3.05, 3.63) is 52.3 Å². The Kier molecular flexibility index (Phi) is 4.14. The van der Waals surface area contributed by atoms with Gasteiger partial charge in [0.1, 0.15) is 5.82 Å². The highest BCUT2D eigenvalue weighted by atomic mass is 16.4. The van der Waals surface area contributed by atoms with Crippen molar-refractivity contribution in [1.29, 1.82) is 0 Å². The average Bonchev–Trinajstić information content (AvgIpc) is 2.55. The number of aryl methyl sites for hydroxylation is 1. The zero-order valence-electron chi connectivity index (χ0n) is 13.0. The van der Waals surface area contributed by atoms with Crippen LogP contribution in [-0.2, 0) is 4.79 Å². The van der Waals surface area contributed by atoms with E-state index < -0.39 is 5.97 Å². The number of piperidine rings is 1. The minimum Gasteiger partial charge on any atom is -0.481 e. The first kappa shape index (κ1) is 15.3. The van der Waals surface area contributed by atoms with E-state index in [0.29, 0.717) is 24.5 Å². The molecule has 1 saturated heterocycles. The van der Waals surface area contributed by atoms with Crippen LogP contribution in [0.15, 0.2) is 41.2 Å². The minimum absolute atomic E-state index is 0.203. The van der Waals surface area contributed by atoms with Crippen molar-refractivity contribution in [2.45, 2.75) is 19.8 Å². The second-order valence-electron chi connectivity index (χ2n) is 5.90. The molecule has 120 valence electrons. The summed E-state index contributed by atoms with van der Waals surface area (Å²) in [6, 6.07) is 10.7. The Morgan fingerprint density at radius 2 is 2.13 bits per heavy atom. The van der Waals surface area contributed by atoms with Gasteiger partial charge in [-0.05, 0) is 43.5 Å². The van der Waals surface area contributed by atoms with E-state index in [1.165, 1.54) is 10.7 Å². The van der Waals surface area contributed by atoms with Crippen molar-refractivity contribution >= 4 is 11.8 Å². The van der Waals surface area contributed by atoms with Crippen molar-refractivity contribution < 1.29 is 9.90 Å². The van der Waals surface area contributed by atoms with E-state index in [2.05, 4.69) is 5.10 Å². The maximum Gasteiger partial charge on any atom is 0.308 e. The number of aromatic nitrogens is 2. The van der Waals surface area contributed by atoms with Crippen molar-refractivity contribution in [1.82, 2.24) is 9.78 Å². The predicted octanol–water partition coefficient (Wildman–Crippen LogP) is 1.84. The molecule has 2 aromatic rings. The minimum atomic E-state index is -0.776. The number of carboxylic acid groups (broad SMARTS) is 1. The Hall–Kier alpha value is -2.63. The average molecular weight is 313 g/mol. The topological polar surface area (TPSA) is 75.4 Å². The van der Waals surface area contributed by atoms with Crippen LogP contribution in [0, 0.1) is 12.8 Å². The first-order valence-electron chi connectivity index (χ1n) is 7.70. The highest BCUT2D eigenvalue weighted by Gasteiger charge is 2.26. The fourth-order valence-corrected chi connectivity index (χ4v) is 2.90. The summed E-state index contributed by atoms with van der Waals surface area (Å²) in [4.78, 5) is 25.3. The number of nitrogens with zero attached hydrogens (tertiary/aromatic N) is 3. The molecule has 0 amide bonds. The molecule has 0 bridgehead atoms. The Labute approximate surface area is 134 Å². The molecular formula is C17H19N3O3. The van der Waals surface area contributed by atoms with Crippen LogP contribution < -0.4 is 10.5 Å². The number of aliphatic carboxylic acids is 1. The molecule has 1 fully saturated rings. The molecule has 0 saturated carbocycles. The summed E-state index contributed by atoms with van der Waals surface area (Å²) >= 11 is 0. The van der Waals surface area contributed by atoms with E-state index in [1.807, 2.05) is 36.1 Å². The molecular weight excluding hydrogens is 294 g/mol. The van der Waals surface area contributed by atoms with E-state index in [0.717, 1.165) is 18.5 Å². The lowest BCUT2D eigenvalue weighted by Crippen LogP contribution is -2.40. The van der Waals surface area contributed by atoms with Gasteiger partial charge in [-0.25, -0.2) is 0 Å². The number of anilines is 1. The Morgan fingerprint density at radius 3 is 2.87 bits per heavy atom. The van der Waals surface area contributed by atoms with Gasteiger partial charge in [-0.1, -0.05) is 12.1 Å².